The summed E-state index contributed by atoms with van der Waals surface area (Å²) in [6.07, 6.45) is 0. The molecule has 7 nitrogen and oxygen atoms in total. The van der Waals surface area contributed by atoms with Crippen LogP contribution in [0, 0.1) is 17.5 Å². The molecule has 38 heavy (non-hydrogen) atoms. The molecule has 0 spiro atoms. The van der Waals surface area contributed by atoms with Gasteiger partial charge in [0.2, 0.25) is 0 Å². The molecule has 0 aliphatic carbocycles. The van der Waals surface area contributed by atoms with E-state index in [1.165, 1.54) is 26.3 Å². The molecule has 0 unspecified atom stereocenters. The molecule has 0 N–H and O–H groups in total. The third-order valence-corrected chi connectivity index (χ3v) is 5.33. The number of rotatable bonds is 7. The lowest BCUT2D eigenvalue weighted by molar-refractivity contribution is -0.152. The third kappa shape index (κ3) is 6.77. The quantitative estimate of drug-likeness (QED) is 0.304. The fourth-order valence-corrected chi connectivity index (χ4v) is 3.61. The van der Waals surface area contributed by atoms with Gasteiger partial charge in [-0.3, -0.25) is 24.1 Å². The van der Waals surface area contributed by atoms with Gasteiger partial charge in [0.15, 0.2) is 0 Å². The molecular weight excluding hydrogens is 501 g/mol. The van der Waals surface area contributed by atoms with Crippen LogP contribution in [0.2, 0.25) is 0 Å². The van der Waals surface area contributed by atoms with E-state index in [1.54, 1.807) is 57.2 Å². The van der Waals surface area contributed by atoms with Crippen LogP contribution in [0.5, 0.6) is 0 Å². The van der Waals surface area contributed by atoms with E-state index in [-0.39, 0.29) is 5.69 Å². The summed E-state index contributed by atoms with van der Waals surface area (Å²) >= 11 is 0. The molecule has 0 fully saturated rings. The fraction of sp³-hybridized carbons (Fsp3) is 0.250. The van der Waals surface area contributed by atoms with Crippen molar-refractivity contribution in [2.75, 3.05) is 25.6 Å². The Bertz CT molecular complexity index is 1350. The van der Waals surface area contributed by atoms with Gasteiger partial charge in [0, 0.05) is 30.4 Å². The Morgan fingerprint density at radius 2 is 1.42 bits per heavy atom. The van der Waals surface area contributed by atoms with E-state index in [9.17, 15) is 27.6 Å². The summed E-state index contributed by atoms with van der Waals surface area (Å²) in [4.78, 5) is 44.3. The summed E-state index contributed by atoms with van der Waals surface area (Å²) in [6.45, 7) is 4.22. The lowest BCUT2D eigenvalue weighted by atomic mass is 10.0. The number of ether oxygens (including phenoxy) is 1. The molecule has 0 atom stereocenters. The van der Waals surface area contributed by atoms with Crippen LogP contribution in [0.1, 0.15) is 41.5 Å². The van der Waals surface area contributed by atoms with E-state index >= 15 is 0 Å². The highest BCUT2D eigenvalue weighted by atomic mass is 19.1. The number of carbonyl (C=O) groups excluding carboxylic acids is 3. The molecular formula is C28H27F3N2O5. The number of amides is 2. The Morgan fingerprint density at radius 3 is 2.00 bits per heavy atom. The first-order valence-corrected chi connectivity index (χ1v) is 11.5. The van der Waals surface area contributed by atoms with Crippen molar-refractivity contribution in [1.82, 2.24) is 5.06 Å². The average Bonchev–Trinajstić information content (AvgIpc) is 2.84. The highest BCUT2D eigenvalue weighted by Crippen LogP contribution is 2.28. The molecule has 3 aromatic carbocycles. The van der Waals surface area contributed by atoms with Crippen molar-refractivity contribution >= 4 is 23.5 Å². The minimum absolute atomic E-state index is 0.118. The second-order valence-corrected chi connectivity index (χ2v) is 9.34. The molecule has 200 valence electrons. The van der Waals surface area contributed by atoms with Crippen molar-refractivity contribution in [3.05, 3.63) is 89.2 Å². The zero-order valence-electron chi connectivity index (χ0n) is 21.6. The Kier molecular flexibility index (Phi) is 8.57. The van der Waals surface area contributed by atoms with Crippen molar-refractivity contribution < 1.29 is 37.1 Å². The van der Waals surface area contributed by atoms with E-state index in [2.05, 4.69) is 0 Å². The molecule has 0 radical (unpaired) electrons. The maximum Gasteiger partial charge on any atom is 0.326 e. The lowest BCUT2D eigenvalue weighted by Gasteiger charge is -2.26. The molecule has 3 aromatic rings. The number of benzene rings is 3. The Labute approximate surface area is 218 Å². The van der Waals surface area contributed by atoms with E-state index in [4.69, 9.17) is 9.57 Å². The third-order valence-electron chi connectivity index (χ3n) is 5.33. The largest absolute Gasteiger partial charge is 0.459 e. The molecule has 3 rings (SSSR count). The molecule has 10 heteroatoms. The number of nitrogens with zero attached hydrogens (tertiary/aromatic N) is 2. The van der Waals surface area contributed by atoms with E-state index in [1.807, 2.05) is 0 Å². The van der Waals surface area contributed by atoms with Gasteiger partial charge < -0.3 is 4.74 Å². The van der Waals surface area contributed by atoms with Crippen LogP contribution in [0.25, 0.3) is 11.1 Å². The fourth-order valence-electron chi connectivity index (χ4n) is 3.61. The molecule has 0 saturated carbocycles. The summed E-state index contributed by atoms with van der Waals surface area (Å²) in [7, 11) is 2.82. The second-order valence-electron chi connectivity index (χ2n) is 9.34. The minimum atomic E-state index is -1.41. The van der Waals surface area contributed by atoms with Gasteiger partial charge in [0.1, 0.15) is 35.2 Å². The maximum atomic E-state index is 14.5. The predicted molar refractivity (Wildman–Crippen MR) is 135 cm³/mol. The second kappa shape index (κ2) is 11.5. The van der Waals surface area contributed by atoms with Gasteiger partial charge in [-0.2, -0.15) is 0 Å². The first kappa shape index (κ1) is 28.4. The lowest BCUT2D eigenvalue weighted by Crippen LogP contribution is -2.39. The van der Waals surface area contributed by atoms with Crippen LogP contribution in [0.3, 0.4) is 0 Å². The molecule has 0 aromatic heterocycles. The monoisotopic (exact) mass is 528 g/mol. The van der Waals surface area contributed by atoms with E-state index in [0.717, 1.165) is 9.96 Å². The zero-order chi connectivity index (χ0) is 28.2. The van der Waals surface area contributed by atoms with E-state index in [0.29, 0.717) is 28.8 Å². The summed E-state index contributed by atoms with van der Waals surface area (Å²) in [5.41, 5.74) is -0.329. The number of hydroxylamine groups is 2. The van der Waals surface area contributed by atoms with Crippen LogP contribution in [0.15, 0.2) is 60.7 Å². The first-order valence-electron chi connectivity index (χ1n) is 11.5. The molecule has 0 bridgehead atoms. The van der Waals surface area contributed by atoms with Gasteiger partial charge in [-0.05, 0) is 56.2 Å². The molecule has 0 aliphatic rings. The Hall–Kier alpha value is -4.18. The van der Waals surface area contributed by atoms with Crippen LogP contribution in [-0.4, -0.2) is 49.2 Å². The van der Waals surface area contributed by atoms with E-state index < -0.39 is 52.9 Å². The number of hydrogen-bond acceptors (Lipinski definition) is 5. The van der Waals surface area contributed by atoms with Crippen molar-refractivity contribution in [2.45, 2.75) is 26.4 Å². The van der Waals surface area contributed by atoms with Crippen molar-refractivity contribution in [1.29, 1.82) is 0 Å². The summed E-state index contributed by atoms with van der Waals surface area (Å²) in [5.74, 6) is -6.43. The van der Waals surface area contributed by atoms with Gasteiger partial charge >= 0.3 is 5.97 Å². The van der Waals surface area contributed by atoms with Crippen LogP contribution < -0.4 is 4.90 Å². The highest BCUT2D eigenvalue weighted by Gasteiger charge is 2.29. The van der Waals surface area contributed by atoms with Crippen LogP contribution >= 0.6 is 0 Å². The zero-order valence-corrected chi connectivity index (χ0v) is 21.6. The molecule has 0 heterocycles. The molecule has 0 aliphatic heterocycles. The number of anilines is 1. The standard InChI is InChI=1S/C28H27F3N2O5/c1-28(2,3)38-24(34)16-33(27(36)25-22(30)14-20(29)15-23(25)31)21-11-7-9-18(13-21)17-8-6-10-19(12-17)26(35)32(4)37-5/h6-15H,16H2,1-5H3. The van der Waals surface area contributed by atoms with Crippen LogP contribution in [-0.2, 0) is 14.4 Å². The summed E-state index contributed by atoms with van der Waals surface area (Å²) in [5, 5.41) is 1.06. The van der Waals surface area contributed by atoms with Crippen molar-refractivity contribution in [3.63, 3.8) is 0 Å². The van der Waals surface area contributed by atoms with Gasteiger partial charge in [-0.1, -0.05) is 24.3 Å². The van der Waals surface area contributed by atoms with Crippen molar-refractivity contribution in [3.8, 4) is 11.1 Å². The van der Waals surface area contributed by atoms with Gasteiger partial charge in [-0.25, -0.2) is 18.2 Å². The molecule has 2 amide bonds. The normalized spacial score (nSPS) is 11.2. The summed E-state index contributed by atoms with van der Waals surface area (Å²) in [6, 6.07) is 13.6. The summed E-state index contributed by atoms with van der Waals surface area (Å²) < 4.78 is 47.8. The number of hydrogen-bond donors (Lipinski definition) is 0. The highest BCUT2D eigenvalue weighted by molar-refractivity contribution is 6.09. The van der Waals surface area contributed by atoms with Crippen LogP contribution in [0.4, 0.5) is 18.9 Å². The number of halogens is 3. The average molecular weight is 529 g/mol. The SMILES string of the molecule is CON(C)C(=O)c1cccc(-c2cccc(N(CC(=O)OC(C)(C)C)C(=O)c3c(F)cc(F)cc3F)c2)c1. The number of carbonyl (C=O) groups is 3. The smallest absolute Gasteiger partial charge is 0.326 e. The maximum absolute atomic E-state index is 14.5. The van der Waals surface area contributed by atoms with Gasteiger partial charge in [-0.15, -0.1) is 0 Å². The Balaban J connectivity index is 2.07. The number of esters is 1. The predicted octanol–water partition coefficient (Wildman–Crippen LogP) is 5.39. The topological polar surface area (TPSA) is 76.2 Å². The minimum Gasteiger partial charge on any atom is -0.459 e. The van der Waals surface area contributed by atoms with Crippen molar-refractivity contribution in [2.24, 2.45) is 0 Å². The Morgan fingerprint density at radius 1 is 0.842 bits per heavy atom. The van der Waals surface area contributed by atoms with Gasteiger partial charge in [0.05, 0.1) is 7.11 Å². The van der Waals surface area contributed by atoms with Gasteiger partial charge in [0.25, 0.3) is 11.8 Å². The molecule has 0 saturated heterocycles. The first-order chi connectivity index (χ1) is 17.8.